The smallest absolute Gasteiger partial charge is 0.307 e. The summed E-state index contributed by atoms with van der Waals surface area (Å²) in [5.74, 6) is -0.312. The Hall–Kier alpha value is -1.85. The Kier molecular flexibility index (Phi) is 5.35. The summed E-state index contributed by atoms with van der Waals surface area (Å²) in [5.41, 5.74) is 6.27. The van der Waals surface area contributed by atoms with E-state index in [1.54, 1.807) is 6.92 Å². The van der Waals surface area contributed by atoms with Crippen molar-refractivity contribution in [2.75, 3.05) is 24.2 Å². The molecule has 18 heavy (non-hydrogen) atoms. The number of nitrogen functional groups attached to an aromatic ring is 1. The SMILES string of the molecule is CCOC(=O)CCNc1ccc(C(F)F)cc1N. The molecule has 0 saturated heterocycles. The number of nitrogens with two attached hydrogens (primary N) is 1. The maximum Gasteiger partial charge on any atom is 0.307 e. The average Bonchev–Trinajstić information content (AvgIpc) is 2.31. The molecule has 0 heterocycles. The number of esters is 1. The normalized spacial score (nSPS) is 10.4. The molecule has 6 heteroatoms. The molecule has 0 aliphatic rings. The number of nitrogens with one attached hydrogen (secondary N) is 1. The van der Waals surface area contributed by atoms with Gasteiger partial charge in [0.1, 0.15) is 0 Å². The summed E-state index contributed by atoms with van der Waals surface area (Å²) in [6.07, 6.45) is -2.34. The Bertz CT molecular complexity index is 411. The van der Waals surface area contributed by atoms with Gasteiger partial charge in [-0.05, 0) is 19.1 Å². The largest absolute Gasteiger partial charge is 0.466 e. The number of halogens is 2. The summed E-state index contributed by atoms with van der Waals surface area (Å²) in [4.78, 5) is 11.1. The number of ether oxygens (including phenoxy) is 1. The number of alkyl halides is 2. The molecule has 0 radical (unpaired) electrons. The van der Waals surface area contributed by atoms with E-state index in [1.165, 1.54) is 18.2 Å². The summed E-state index contributed by atoms with van der Waals surface area (Å²) in [5, 5.41) is 2.90. The molecule has 0 bridgehead atoms. The number of anilines is 2. The van der Waals surface area contributed by atoms with Gasteiger partial charge in [-0.3, -0.25) is 4.79 Å². The fraction of sp³-hybridized carbons (Fsp3) is 0.417. The van der Waals surface area contributed by atoms with Crippen LogP contribution in [0.25, 0.3) is 0 Å². The molecule has 0 spiro atoms. The van der Waals surface area contributed by atoms with Gasteiger partial charge in [-0.1, -0.05) is 6.07 Å². The van der Waals surface area contributed by atoms with Crippen molar-refractivity contribution in [2.24, 2.45) is 0 Å². The zero-order valence-corrected chi connectivity index (χ0v) is 10.1. The topological polar surface area (TPSA) is 64.3 Å². The first-order chi connectivity index (χ1) is 8.54. The van der Waals surface area contributed by atoms with Crippen molar-refractivity contribution in [2.45, 2.75) is 19.8 Å². The van der Waals surface area contributed by atoms with Crippen LogP contribution in [0.5, 0.6) is 0 Å². The van der Waals surface area contributed by atoms with E-state index in [1.807, 2.05) is 0 Å². The van der Waals surface area contributed by atoms with E-state index in [0.29, 0.717) is 18.8 Å². The number of carbonyl (C=O) groups excluding carboxylic acids is 1. The van der Waals surface area contributed by atoms with Crippen LogP contribution in [0.3, 0.4) is 0 Å². The second-order valence-electron chi connectivity index (χ2n) is 3.63. The number of carbonyl (C=O) groups is 1. The number of rotatable bonds is 6. The van der Waals surface area contributed by atoms with Gasteiger partial charge in [-0.25, -0.2) is 8.78 Å². The monoisotopic (exact) mass is 258 g/mol. The molecule has 100 valence electrons. The van der Waals surface area contributed by atoms with Crippen LogP contribution in [-0.2, 0) is 9.53 Å². The molecule has 1 aromatic rings. The number of hydrogen-bond donors (Lipinski definition) is 2. The number of hydrogen-bond acceptors (Lipinski definition) is 4. The summed E-state index contributed by atoms with van der Waals surface area (Å²) in [7, 11) is 0. The third-order valence-corrected chi connectivity index (χ3v) is 2.28. The highest BCUT2D eigenvalue weighted by molar-refractivity contribution is 5.71. The fourth-order valence-electron chi connectivity index (χ4n) is 1.41. The molecule has 0 amide bonds. The van der Waals surface area contributed by atoms with Gasteiger partial charge in [0.2, 0.25) is 0 Å². The minimum atomic E-state index is -2.54. The van der Waals surface area contributed by atoms with E-state index in [-0.39, 0.29) is 23.6 Å². The van der Waals surface area contributed by atoms with Gasteiger partial charge in [0.15, 0.2) is 0 Å². The predicted molar refractivity (Wildman–Crippen MR) is 65.6 cm³/mol. The highest BCUT2D eigenvalue weighted by Gasteiger charge is 2.09. The highest BCUT2D eigenvalue weighted by atomic mass is 19.3. The van der Waals surface area contributed by atoms with Crippen LogP contribution < -0.4 is 11.1 Å². The van der Waals surface area contributed by atoms with Gasteiger partial charge in [0.05, 0.1) is 24.4 Å². The Morgan fingerprint density at radius 1 is 1.50 bits per heavy atom. The molecule has 1 aromatic carbocycles. The summed E-state index contributed by atoms with van der Waals surface area (Å²) < 4.78 is 29.5. The summed E-state index contributed by atoms with van der Waals surface area (Å²) >= 11 is 0. The van der Waals surface area contributed by atoms with Gasteiger partial charge in [-0.2, -0.15) is 0 Å². The van der Waals surface area contributed by atoms with Crippen LogP contribution in [0.1, 0.15) is 25.3 Å². The molecule has 1 rings (SSSR count). The maximum atomic E-state index is 12.4. The van der Waals surface area contributed by atoms with Crippen LogP contribution in [0.2, 0.25) is 0 Å². The molecule has 0 atom stereocenters. The van der Waals surface area contributed by atoms with Crippen LogP contribution in [-0.4, -0.2) is 19.1 Å². The quantitative estimate of drug-likeness (QED) is 0.608. The minimum absolute atomic E-state index is 0.122. The van der Waals surface area contributed by atoms with Gasteiger partial charge >= 0.3 is 5.97 Å². The second-order valence-corrected chi connectivity index (χ2v) is 3.63. The maximum absolute atomic E-state index is 12.4. The van der Waals surface area contributed by atoms with Crippen LogP contribution in [0.15, 0.2) is 18.2 Å². The molecule has 3 N–H and O–H groups in total. The van der Waals surface area contributed by atoms with E-state index in [2.05, 4.69) is 5.32 Å². The zero-order valence-electron chi connectivity index (χ0n) is 10.1. The molecule has 4 nitrogen and oxygen atoms in total. The fourth-order valence-corrected chi connectivity index (χ4v) is 1.41. The Morgan fingerprint density at radius 2 is 2.22 bits per heavy atom. The predicted octanol–water partition coefficient (Wildman–Crippen LogP) is 2.57. The first kappa shape index (κ1) is 14.2. The number of benzene rings is 1. The third kappa shape index (κ3) is 4.20. The van der Waals surface area contributed by atoms with Crippen LogP contribution >= 0.6 is 0 Å². The lowest BCUT2D eigenvalue weighted by molar-refractivity contribution is -0.142. The average molecular weight is 258 g/mol. The van der Waals surface area contributed by atoms with Crippen LogP contribution in [0.4, 0.5) is 20.2 Å². The highest BCUT2D eigenvalue weighted by Crippen LogP contribution is 2.26. The standard InChI is InChI=1S/C12H16F2N2O2/c1-2-18-11(17)5-6-16-10-4-3-8(12(13)14)7-9(10)15/h3-4,7,12,16H,2,5-6,15H2,1H3. The van der Waals surface area contributed by atoms with Crippen LogP contribution in [0, 0.1) is 0 Å². The molecular formula is C12H16F2N2O2. The van der Waals surface area contributed by atoms with Crippen molar-refractivity contribution in [3.63, 3.8) is 0 Å². The second kappa shape index (κ2) is 6.78. The third-order valence-electron chi connectivity index (χ3n) is 2.28. The van der Waals surface area contributed by atoms with Crippen molar-refractivity contribution < 1.29 is 18.3 Å². The molecule has 0 aromatic heterocycles. The molecule has 0 unspecified atom stereocenters. The molecule has 0 aliphatic heterocycles. The summed E-state index contributed by atoms with van der Waals surface area (Å²) in [6, 6.07) is 3.99. The van der Waals surface area contributed by atoms with Crippen molar-refractivity contribution in [3.8, 4) is 0 Å². The lowest BCUT2D eigenvalue weighted by Gasteiger charge is -2.10. The van der Waals surface area contributed by atoms with E-state index < -0.39 is 6.43 Å². The van der Waals surface area contributed by atoms with E-state index >= 15 is 0 Å². The van der Waals surface area contributed by atoms with Gasteiger partial charge in [0, 0.05) is 12.1 Å². The molecule has 0 aliphatic carbocycles. The van der Waals surface area contributed by atoms with E-state index in [0.717, 1.165) is 0 Å². The van der Waals surface area contributed by atoms with Crippen molar-refractivity contribution in [1.82, 2.24) is 0 Å². The molecule has 0 saturated carbocycles. The first-order valence-electron chi connectivity index (χ1n) is 5.61. The van der Waals surface area contributed by atoms with Crippen molar-refractivity contribution in [3.05, 3.63) is 23.8 Å². The van der Waals surface area contributed by atoms with Gasteiger partial charge in [-0.15, -0.1) is 0 Å². The van der Waals surface area contributed by atoms with Crippen molar-refractivity contribution >= 4 is 17.3 Å². The molecular weight excluding hydrogens is 242 g/mol. The van der Waals surface area contributed by atoms with E-state index in [9.17, 15) is 13.6 Å². The lowest BCUT2D eigenvalue weighted by atomic mass is 10.2. The van der Waals surface area contributed by atoms with E-state index in [4.69, 9.17) is 10.5 Å². The Labute approximate surface area is 104 Å². The van der Waals surface area contributed by atoms with Gasteiger partial charge < -0.3 is 15.8 Å². The minimum Gasteiger partial charge on any atom is -0.466 e. The molecule has 0 fully saturated rings. The Balaban J connectivity index is 2.50. The summed E-state index contributed by atoms with van der Waals surface area (Å²) in [6.45, 7) is 2.41. The first-order valence-corrected chi connectivity index (χ1v) is 5.61. The van der Waals surface area contributed by atoms with Crippen molar-refractivity contribution in [1.29, 1.82) is 0 Å². The Morgan fingerprint density at radius 3 is 2.78 bits per heavy atom. The lowest BCUT2D eigenvalue weighted by Crippen LogP contribution is -2.12. The zero-order chi connectivity index (χ0) is 13.5. The van der Waals surface area contributed by atoms with Gasteiger partial charge in [0.25, 0.3) is 6.43 Å².